The van der Waals surface area contributed by atoms with Gasteiger partial charge in [-0.05, 0) is 91.8 Å². The molecule has 0 unspecified atom stereocenters. The van der Waals surface area contributed by atoms with Crippen molar-refractivity contribution in [2.75, 3.05) is 0 Å². The molecule has 17 nitrogen and oxygen atoms in total. The minimum atomic E-state index is -1.23. The first kappa shape index (κ1) is 66.1. The molecule has 86 heavy (non-hydrogen) atoms. The maximum absolute atomic E-state index is 12.2. The van der Waals surface area contributed by atoms with E-state index in [1.54, 1.807) is 87.5 Å². The molecule has 0 fully saturated rings. The van der Waals surface area contributed by atoms with Crippen molar-refractivity contribution in [2.24, 2.45) is 0 Å². The second-order valence-corrected chi connectivity index (χ2v) is 19.2. The minimum Gasteiger partial charge on any atom is -0.507 e. The summed E-state index contributed by atoms with van der Waals surface area (Å²) >= 11 is 0. The average molecular weight is 1170 g/mol. The van der Waals surface area contributed by atoms with Gasteiger partial charge in [0.2, 0.25) is 5.76 Å². The van der Waals surface area contributed by atoms with Gasteiger partial charge in [0.25, 0.3) is 0 Å². The van der Waals surface area contributed by atoms with Gasteiger partial charge in [-0.25, -0.2) is 9.59 Å². The fourth-order valence-electron chi connectivity index (χ4n) is 8.91. The molecule has 5 aromatic carbocycles. The highest BCUT2D eigenvalue weighted by Gasteiger charge is 2.21. The fourth-order valence-corrected chi connectivity index (χ4v) is 8.91. The lowest BCUT2D eigenvalue weighted by atomic mass is 10.0. The van der Waals surface area contributed by atoms with Gasteiger partial charge in [0.1, 0.15) is 28.1 Å². The standard InChI is InChI=1S/2C15H14O3.C14H12O4.C13H10O5.C12H14O2/c2*1-4-6-11-7-5-8-12-13(17)9(2)14(10(3)16)18-15(11)12;1-3-5-9-6-4-7-10-11(15)8(2)12(14(16)17)18-13(9)10;1-6-10(15)8-4-3-5-9(13(16)17)12(8)18-11(6)7(2)14;1-3-6-9-7-5-8-10(12(9)14)11(13)4-2/h2*4-8H,1-3H3;3-7H,1-2H3,(H,16,17);3-5H,1-2H3,(H,16,17);3,5-8,14H,4H2,1-2H3/b2*6-4+;5-3+;;6-3+. The second kappa shape index (κ2) is 29.5. The Bertz CT molecular complexity index is 4230. The number of phenolic OH excluding ortho intramolecular Hbond substituents is 1. The second-order valence-electron chi connectivity index (χ2n) is 19.2. The Labute approximate surface area is 493 Å². The third-order valence-corrected chi connectivity index (χ3v) is 13.1. The van der Waals surface area contributed by atoms with Crippen LogP contribution in [0.15, 0.2) is 152 Å². The molecule has 0 radical (unpaired) electrons. The van der Waals surface area contributed by atoms with Crippen LogP contribution in [0.3, 0.4) is 0 Å². The fraction of sp³-hybridized carbons (Fsp3) is 0.188. The summed E-state index contributed by atoms with van der Waals surface area (Å²) in [6.45, 7) is 19.5. The van der Waals surface area contributed by atoms with Gasteiger partial charge in [0.05, 0.1) is 27.1 Å². The number of allylic oxidation sites excluding steroid dienone is 4. The molecule has 0 saturated carbocycles. The Morgan fingerprint density at radius 3 is 1.00 bits per heavy atom. The van der Waals surface area contributed by atoms with Crippen LogP contribution in [-0.4, -0.2) is 50.4 Å². The molecule has 3 N–H and O–H groups in total. The molecule has 0 atom stereocenters. The van der Waals surface area contributed by atoms with Gasteiger partial charge in [-0.2, -0.15) is 0 Å². The van der Waals surface area contributed by atoms with E-state index in [9.17, 15) is 53.1 Å². The van der Waals surface area contributed by atoms with E-state index in [4.69, 9.17) is 27.9 Å². The Hall–Kier alpha value is -10.7. The van der Waals surface area contributed by atoms with Crippen LogP contribution in [0, 0.1) is 27.7 Å². The van der Waals surface area contributed by atoms with Crippen molar-refractivity contribution in [3.63, 3.8) is 0 Å². The van der Waals surface area contributed by atoms with Crippen LogP contribution in [0.2, 0.25) is 0 Å². The highest BCUT2D eigenvalue weighted by Crippen LogP contribution is 2.27. The van der Waals surface area contributed by atoms with E-state index in [2.05, 4.69) is 0 Å². The first-order valence-corrected chi connectivity index (χ1v) is 26.9. The van der Waals surface area contributed by atoms with Crippen molar-refractivity contribution < 1.29 is 61.8 Å². The number of aromatic carboxylic acids is 2. The lowest BCUT2D eigenvalue weighted by Gasteiger charge is -2.06. The maximum Gasteiger partial charge on any atom is 0.372 e. The molecular weight excluding hydrogens is 1100 g/mol. The Morgan fingerprint density at radius 2 is 0.674 bits per heavy atom. The van der Waals surface area contributed by atoms with Gasteiger partial charge in [0.15, 0.2) is 67.7 Å². The molecule has 9 rings (SSSR count). The number of fused-ring (bicyclic) bond motifs is 4. The number of aromatic hydroxyl groups is 1. The lowest BCUT2D eigenvalue weighted by molar-refractivity contribution is 0.0658. The number of carboxylic acid groups (broad SMARTS) is 2. The Morgan fingerprint density at radius 1 is 0.395 bits per heavy atom. The van der Waals surface area contributed by atoms with Gasteiger partial charge in [-0.3, -0.25) is 38.4 Å². The quantitative estimate of drug-likeness (QED) is 0.101. The van der Waals surface area contributed by atoms with E-state index in [0.717, 1.165) is 11.1 Å². The number of benzene rings is 5. The van der Waals surface area contributed by atoms with Crippen LogP contribution in [0.1, 0.15) is 169 Å². The van der Waals surface area contributed by atoms with Crippen molar-refractivity contribution in [1.82, 2.24) is 0 Å². The zero-order valence-electron chi connectivity index (χ0n) is 49.5. The third kappa shape index (κ3) is 14.7. The van der Waals surface area contributed by atoms with Crippen LogP contribution in [0.4, 0.5) is 0 Å². The Kier molecular flexibility index (Phi) is 22.7. The molecule has 0 aliphatic carbocycles. The summed E-state index contributed by atoms with van der Waals surface area (Å²) in [6, 6.07) is 25.4. The molecule has 442 valence electrons. The molecule has 0 spiro atoms. The average Bonchev–Trinajstić information content (AvgIpc) is 2.45. The molecule has 0 aliphatic heterocycles. The molecule has 4 aromatic heterocycles. The topological polar surface area (TPSA) is 284 Å². The van der Waals surface area contributed by atoms with Crippen molar-refractivity contribution in [3.8, 4) is 5.75 Å². The van der Waals surface area contributed by atoms with Gasteiger partial charge in [-0.1, -0.05) is 110 Å². The van der Waals surface area contributed by atoms with Crippen molar-refractivity contribution in [3.05, 3.63) is 235 Å². The van der Waals surface area contributed by atoms with Gasteiger partial charge < -0.3 is 33.0 Å². The summed E-state index contributed by atoms with van der Waals surface area (Å²) < 4.78 is 21.9. The minimum absolute atomic E-state index is 0.0335. The lowest BCUT2D eigenvalue weighted by Crippen LogP contribution is -2.13. The Balaban J connectivity index is 0.000000197. The number of carbonyl (C=O) groups excluding carboxylic acids is 4. The van der Waals surface area contributed by atoms with E-state index in [0.29, 0.717) is 67.1 Å². The summed E-state index contributed by atoms with van der Waals surface area (Å²) in [5.74, 6) is -3.38. The van der Waals surface area contributed by atoms with Crippen molar-refractivity contribution in [1.29, 1.82) is 0 Å². The highest BCUT2D eigenvalue weighted by atomic mass is 16.4. The number of hydrogen-bond donors (Lipinski definition) is 3. The van der Waals surface area contributed by atoms with Crippen molar-refractivity contribution in [2.45, 2.75) is 89.5 Å². The molecule has 4 heterocycles. The van der Waals surface area contributed by atoms with E-state index in [-0.39, 0.29) is 95.5 Å². The van der Waals surface area contributed by atoms with E-state index in [1.807, 2.05) is 82.3 Å². The molecule has 9 aromatic rings. The van der Waals surface area contributed by atoms with Gasteiger partial charge in [-0.15, -0.1) is 0 Å². The van der Waals surface area contributed by atoms with Gasteiger partial charge >= 0.3 is 11.9 Å². The van der Waals surface area contributed by atoms with Crippen LogP contribution >= 0.6 is 0 Å². The normalized spacial score (nSPS) is 11.0. The molecule has 0 amide bonds. The number of carboxylic acids is 2. The van der Waals surface area contributed by atoms with E-state index >= 15 is 0 Å². The number of carbonyl (C=O) groups is 6. The zero-order valence-corrected chi connectivity index (χ0v) is 49.5. The monoisotopic (exact) mass is 1160 g/mol. The predicted molar refractivity (Wildman–Crippen MR) is 334 cm³/mol. The van der Waals surface area contributed by atoms with Crippen LogP contribution in [0.25, 0.3) is 68.2 Å². The van der Waals surface area contributed by atoms with E-state index < -0.39 is 17.7 Å². The smallest absolute Gasteiger partial charge is 0.372 e. The number of ketones is 4. The van der Waals surface area contributed by atoms with Gasteiger partial charge in [0, 0.05) is 71.7 Å². The molecule has 0 aliphatic rings. The predicted octanol–water partition coefficient (Wildman–Crippen LogP) is 14.5. The van der Waals surface area contributed by atoms with Crippen LogP contribution < -0.4 is 21.7 Å². The largest absolute Gasteiger partial charge is 0.507 e. The first-order valence-electron chi connectivity index (χ1n) is 26.9. The number of Topliss-reactive ketones (excluding diaryl/α,β-unsaturated/α-hetero) is 4. The molecule has 0 bridgehead atoms. The van der Waals surface area contributed by atoms with Crippen LogP contribution in [-0.2, 0) is 0 Å². The summed E-state index contributed by atoms with van der Waals surface area (Å²) in [6.07, 6.45) is 15.0. The molecule has 0 saturated heterocycles. The SMILES string of the molecule is C/C=C/c1cccc(C(=O)CC)c1O.C/C=C/c1cccc2c(=O)c(C)c(C(=O)O)oc12.C/C=C/c1cccc2c(=O)c(C)c(C(C)=O)oc12.C/C=C/c1cccc2c(=O)c(C)c(C(C)=O)oc12.CC(=O)c1oc2c(C(=O)O)cccc2c(=O)c1C. The number of hydrogen-bond acceptors (Lipinski definition) is 15. The summed E-state index contributed by atoms with van der Waals surface area (Å²) in [4.78, 5) is 116. The molecule has 17 heteroatoms. The number of phenols is 1. The van der Waals surface area contributed by atoms with Crippen LogP contribution in [0.5, 0.6) is 5.75 Å². The number of para-hydroxylation sites is 5. The third-order valence-electron chi connectivity index (χ3n) is 13.1. The number of rotatable bonds is 11. The van der Waals surface area contributed by atoms with Crippen molar-refractivity contribution >= 4 is 103 Å². The maximum atomic E-state index is 12.2. The zero-order chi connectivity index (χ0) is 63.9. The summed E-state index contributed by atoms with van der Waals surface area (Å²) in [5, 5.41) is 29.4. The van der Waals surface area contributed by atoms with E-state index in [1.165, 1.54) is 52.8 Å². The summed E-state index contributed by atoms with van der Waals surface area (Å²) in [7, 11) is 0. The summed E-state index contributed by atoms with van der Waals surface area (Å²) in [5.41, 5.74) is 4.50. The molecular formula is C69H64O17. The highest BCUT2D eigenvalue weighted by molar-refractivity contribution is 6.03. The first-order chi connectivity index (χ1) is 40.8.